The van der Waals surface area contributed by atoms with Crippen LogP contribution in [0, 0.1) is 12.3 Å². The Morgan fingerprint density at radius 3 is 2.47 bits per heavy atom. The molecule has 1 fully saturated rings. The van der Waals surface area contributed by atoms with E-state index in [2.05, 4.69) is 20.8 Å². The van der Waals surface area contributed by atoms with Gasteiger partial charge in [-0.25, -0.2) is 18.1 Å². The van der Waals surface area contributed by atoms with E-state index in [1.165, 1.54) is 24.5 Å². The summed E-state index contributed by atoms with van der Waals surface area (Å²) in [5.74, 6) is 0.413. The van der Waals surface area contributed by atoms with E-state index >= 15 is 0 Å². The Morgan fingerprint density at radius 2 is 1.72 bits per heavy atom. The topological polar surface area (TPSA) is 122 Å². The molecule has 2 aliphatic heterocycles. The van der Waals surface area contributed by atoms with Gasteiger partial charge in [0.15, 0.2) is 0 Å². The number of rotatable bonds is 5. The molecule has 1 N–H and O–H groups in total. The molecule has 43 heavy (non-hydrogen) atoms. The normalized spacial score (nSPS) is 17.7. The van der Waals surface area contributed by atoms with Crippen molar-refractivity contribution in [2.24, 2.45) is 5.41 Å². The standard InChI is InChI=1S/C32H39N5O5S/c1-25-9-11-27(12-10-25)43(40,41)35-23-30(38)36-18-14-32(15-19-36)13-5-4-7-26-6-2-3-8-29(26)42-21-20-37(24-32)31(39)28-22-33-16-17-34-28/h2-3,6,8-12,16-17,22,35H,4-5,7,13-15,18-21,23-24H2,1H3. The third kappa shape index (κ3) is 7.77. The molecule has 1 saturated heterocycles. The predicted molar refractivity (Wildman–Crippen MR) is 162 cm³/mol. The second kappa shape index (κ2) is 13.6. The highest BCUT2D eigenvalue weighted by atomic mass is 32.2. The second-order valence-electron chi connectivity index (χ2n) is 11.5. The third-order valence-corrected chi connectivity index (χ3v) is 9.93. The van der Waals surface area contributed by atoms with Crippen molar-refractivity contribution in [2.45, 2.75) is 50.3 Å². The summed E-state index contributed by atoms with van der Waals surface area (Å²) in [5, 5.41) is 0. The maximum Gasteiger partial charge on any atom is 0.274 e. The Hall–Kier alpha value is -3.83. The number of aromatic nitrogens is 2. The number of carbonyl (C=O) groups excluding carboxylic acids is 2. The van der Waals surface area contributed by atoms with Crippen LogP contribution in [0.4, 0.5) is 0 Å². The Bertz CT molecular complexity index is 1510. The summed E-state index contributed by atoms with van der Waals surface area (Å²) < 4.78 is 34.0. The number of benzene rings is 2. The summed E-state index contributed by atoms with van der Waals surface area (Å²) in [4.78, 5) is 38.7. The van der Waals surface area contributed by atoms with Gasteiger partial charge >= 0.3 is 0 Å². The quantitative estimate of drug-likeness (QED) is 0.472. The number of hydrogen-bond donors (Lipinski definition) is 1. The molecular weight excluding hydrogens is 566 g/mol. The average molecular weight is 606 g/mol. The fraction of sp³-hybridized carbons (Fsp3) is 0.438. The molecule has 3 heterocycles. The van der Waals surface area contributed by atoms with E-state index in [1.54, 1.807) is 23.2 Å². The first-order chi connectivity index (χ1) is 20.7. The van der Waals surface area contributed by atoms with Crippen LogP contribution in [-0.4, -0.2) is 79.3 Å². The number of para-hydroxylation sites is 1. The van der Waals surface area contributed by atoms with Crippen LogP contribution >= 0.6 is 0 Å². The lowest BCUT2D eigenvalue weighted by molar-refractivity contribution is -0.132. The molecule has 5 rings (SSSR count). The first-order valence-electron chi connectivity index (χ1n) is 14.8. The van der Waals surface area contributed by atoms with Gasteiger partial charge < -0.3 is 14.5 Å². The van der Waals surface area contributed by atoms with Gasteiger partial charge in [0.1, 0.15) is 18.1 Å². The van der Waals surface area contributed by atoms with E-state index in [4.69, 9.17) is 4.74 Å². The van der Waals surface area contributed by atoms with Crippen LogP contribution in [0.2, 0.25) is 0 Å². The van der Waals surface area contributed by atoms with E-state index in [9.17, 15) is 18.0 Å². The number of nitrogens with zero attached hydrogens (tertiary/aromatic N) is 4. The van der Waals surface area contributed by atoms with Crippen molar-refractivity contribution >= 4 is 21.8 Å². The van der Waals surface area contributed by atoms with Gasteiger partial charge in [0, 0.05) is 32.0 Å². The molecule has 0 saturated carbocycles. The summed E-state index contributed by atoms with van der Waals surface area (Å²) in [6.07, 6.45) is 9.78. The van der Waals surface area contributed by atoms with Gasteiger partial charge in [0.25, 0.3) is 5.91 Å². The molecule has 0 aliphatic carbocycles. The molecule has 0 bridgehead atoms. The zero-order valence-electron chi connectivity index (χ0n) is 24.6. The van der Waals surface area contributed by atoms with E-state index < -0.39 is 10.0 Å². The van der Waals surface area contributed by atoms with Crippen molar-refractivity contribution in [3.8, 4) is 5.75 Å². The molecule has 0 unspecified atom stereocenters. The van der Waals surface area contributed by atoms with Gasteiger partial charge in [-0.2, -0.15) is 0 Å². The highest BCUT2D eigenvalue weighted by Gasteiger charge is 2.38. The van der Waals surface area contributed by atoms with E-state index in [0.29, 0.717) is 51.3 Å². The van der Waals surface area contributed by atoms with Crippen LogP contribution in [0.25, 0.3) is 0 Å². The number of aryl methyl sites for hydroxylation is 2. The van der Waals surface area contributed by atoms with Gasteiger partial charge in [-0.1, -0.05) is 42.3 Å². The van der Waals surface area contributed by atoms with Gasteiger partial charge in [-0.05, 0) is 68.2 Å². The Balaban J connectivity index is 1.27. The molecule has 3 aromatic rings. The average Bonchev–Trinajstić information content (AvgIpc) is 3.02. The number of ether oxygens (including phenoxy) is 1. The van der Waals surface area contributed by atoms with Crippen LogP contribution in [0.15, 0.2) is 72.0 Å². The second-order valence-corrected chi connectivity index (χ2v) is 13.3. The number of hydrogen-bond acceptors (Lipinski definition) is 7. The van der Waals surface area contributed by atoms with Crippen LogP contribution in [0.5, 0.6) is 5.75 Å². The molecule has 2 aromatic carbocycles. The first-order valence-corrected chi connectivity index (χ1v) is 16.3. The van der Waals surface area contributed by atoms with Gasteiger partial charge in [-0.3, -0.25) is 14.6 Å². The Labute approximate surface area is 253 Å². The molecular formula is C32H39N5O5S. The summed E-state index contributed by atoms with van der Waals surface area (Å²) in [6.45, 7) is 3.86. The lowest BCUT2D eigenvalue weighted by Gasteiger charge is -2.45. The number of amides is 2. The summed E-state index contributed by atoms with van der Waals surface area (Å²) >= 11 is 0. The highest BCUT2D eigenvalue weighted by Crippen LogP contribution is 2.38. The number of carbonyl (C=O) groups is 2. The van der Waals surface area contributed by atoms with Gasteiger partial charge in [0.2, 0.25) is 15.9 Å². The van der Waals surface area contributed by atoms with E-state index in [-0.39, 0.29) is 28.7 Å². The number of sulfonamides is 1. The molecule has 0 radical (unpaired) electrons. The van der Waals surface area contributed by atoms with Crippen LogP contribution in [-0.2, 0) is 21.2 Å². The van der Waals surface area contributed by atoms with E-state index in [0.717, 1.165) is 42.6 Å². The summed E-state index contributed by atoms with van der Waals surface area (Å²) in [6, 6.07) is 14.6. The molecule has 1 spiro atoms. The molecule has 1 aromatic heterocycles. The minimum absolute atomic E-state index is 0.135. The number of nitrogens with one attached hydrogen (secondary N) is 1. The van der Waals surface area contributed by atoms with Crippen LogP contribution in [0.3, 0.4) is 0 Å². The summed E-state index contributed by atoms with van der Waals surface area (Å²) in [5.41, 5.74) is 2.23. The maximum absolute atomic E-state index is 13.6. The number of piperidine rings is 1. The van der Waals surface area contributed by atoms with Gasteiger partial charge in [0.05, 0.1) is 24.2 Å². The first kappa shape index (κ1) is 30.6. The lowest BCUT2D eigenvalue weighted by Crippen LogP contribution is -2.51. The minimum atomic E-state index is -3.79. The predicted octanol–water partition coefficient (Wildman–Crippen LogP) is 3.62. The summed E-state index contributed by atoms with van der Waals surface area (Å²) in [7, 11) is -3.79. The molecule has 10 nitrogen and oxygen atoms in total. The Kier molecular flexibility index (Phi) is 9.72. The van der Waals surface area contributed by atoms with Crippen molar-refractivity contribution in [3.63, 3.8) is 0 Å². The molecule has 0 atom stereocenters. The van der Waals surface area contributed by atoms with Crippen molar-refractivity contribution in [3.05, 3.63) is 83.9 Å². The molecule has 228 valence electrons. The van der Waals surface area contributed by atoms with Crippen molar-refractivity contribution in [1.82, 2.24) is 24.5 Å². The maximum atomic E-state index is 13.6. The zero-order chi connectivity index (χ0) is 30.3. The third-order valence-electron chi connectivity index (χ3n) is 8.51. The SMILES string of the molecule is Cc1ccc(S(=O)(=O)NCC(=O)N2CCC3(CCCCc4ccccc4OCCN(C(=O)c4cnccn4)C3)CC2)cc1. The molecule has 2 amide bonds. The fourth-order valence-electron chi connectivity index (χ4n) is 5.95. The molecule has 11 heteroatoms. The Morgan fingerprint density at radius 1 is 0.953 bits per heavy atom. The van der Waals surface area contributed by atoms with Crippen LogP contribution in [0.1, 0.15) is 53.7 Å². The van der Waals surface area contributed by atoms with Gasteiger partial charge in [-0.15, -0.1) is 0 Å². The lowest BCUT2D eigenvalue weighted by atomic mass is 9.73. The number of likely N-dealkylation sites (tertiary alicyclic amines) is 1. The molecule has 2 aliphatic rings. The van der Waals surface area contributed by atoms with Crippen molar-refractivity contribution < 1.29 is 22.7 Å². The monoisotopic (exact) mass is 605 g/mol. The van der Waals surface area contributed by atoms with Crippen LogP contribution < -0.4 is 9.46 Å². The van der Waals surface area contributed by atoms with Crippen molar-refractivity contribution in [1.29, 1.82) is 0 Å². The van der Waals surface area contributed by atoms with E-state index in [1.807, 2.05) is 30.0 Å². The zero-order valence-corrected chi connectivity index (χ0v) is 25.4. The van der Waals surface area contributed by atoms with Crippen molar-refractivity contribution in [2.75, 3.05) is 39.3 Å². The number of fused-ring (bicyclic) bond motifs is 1. The largest absolute Gasteiger partial charge is 0.491 e. The fourth-order valence-corrected chi connectivity index (χ4v) is 6.92. The smallest absolute Gasteiger partial charge is 0.274 e. The minimum Gasteiger partial charge on any atom is -0.491 e. The highest BCUT2D eigenvalue weighted by molar-refractivity contribution is 7.89.